The fraction of sp³-hybridized carbons (Fsp3) is 0.429. The molecular weight excluding hydrogens is 290 g/mol. The van der Waals surface area contributed by atoms with Gasteiger partial charge in [0.25, 0.3) is 0 Å². The van der Waals surface area contributed by atoms with Gasteiger partial charge in [0, 0.05) is 28.7 Å². The fourth-order valence-electron chi connectivity index (χ4n) is 2.14. The Kier molecular flexibility index (Phi) is 4.17. The summed E-state index contributed by atoms with van der Waals surface area (Å²) in [5, 5.41) is 12.0. The minimum Gasteiger partial charge on any atom is -0.351 e. The van der Waals surface area contributed by atoms with Gasteiger partial charge in [-0.1, -0.05) is 40.2 Å². The number of fused-ring (bicyclic) bond motifs is 1. The molecule has 1 aromatic carbocycles. The molecule has 2 rings (SSSR count). The molecule has 0 fully saturated rings. The molecule has 0 aliphatic rings. The second-order valence-corrected chi connectivity index (χ2v) is 5.42. The van der Waals surface area contributed by atoms with Gasteiger partial charge in [-0.2, -0.15) is 5.10 Å². The molecule has 1 heterocycles. The molecule has 3 nitrogen and oxygen atoms in total. The quantitative estimate of drug-likeness (QED) is 0.809. The Balaban J connectivity index is 2.59. The molecule has 0 atom stereocenters. The lowest BCUT2D eigenvalue weighted by molar-refractivity contribution is 0.693. The van der Waals surface area contributed by atoms with Crippen LogP contribution >= 0.6 is 15.9 Å². The van der Waals surface area contributed by atoms with Crippen molar-refractivity contribution in [3.63, 3.8) is 0 Å². The highest BCUT2D eigenvalue weighted by molar-refractivity contribution is 9.09. The van der Waals surface area contributed by atoms with Crippen LogP contribution in [0, 0.1) is 6.92 Å². The maximum absolute atomic E-state index is 4.40. The molecule has 0 N–H and O–H groups in total. The molecule has 2 aromatic rings. The molecule has 1 aromatic heterocycles. The van der Waals surface area contributed by atoms with E-state index < -0.39 is 0 Å². The summed E-state index contributed by atoms with van der Waals surface area (Å²) >= 11 is 3.50. The largest absolute Gasteiger partial charge is 0.351 e. The zero-order chi connectivity index (χ0) is 13.1. The Hall–Kier alpha value is -1.16. The molecule has 0 saturated carbocycles. The number of halogens is 1. The van der Waals surface area contributed by atoms with E-state index in [1.807, 2.05) is 13.0 Å². The minimum absolute atomic E-state index is 0.406. The molecule has 0 aliphatic heterocycles. The van der Waals surface area contributed by atoms with Crippen molar-refractivity contribution in [1.29, 1.82) is 0 Å². The first-order chi connectivity index (χ1) is 8.65. The highest BCUT2D eigenvalue weighted by Gasteiger charge is 2.15. The van der Waals surface area contributed by atoms with Crippen molar-refractivity contribution in [2.45, 2.75) is 26.8 Å². The zero-order valence-corrected chi connectivity index (χ0v) is 12.6. The van der Waals surface area contributed by atoms with Gasteiger partial charge in [0.15, 0.2) is 5.82 Å². The Labute approximate surface area is 116 Å². The van der Waals surface area contributed by atoms with Crippen molar-refractivity contribution in [2.24, 2.45) is 0 Å². The topological polar surface area (TPSA) is 29.0 Å². The van der Waals surface area contributed by atoms with E-state index >= 15 is 0 Å². The first-order valence-corrected chi connectivity index (χ1v) is 7.32. The third kappa shape index (κ3) is 2.48. The van der Waals surface area contributed by atoms with E-state index in [-0.39, 0.29) is 0 Å². The van der Waals surface area contributed by atoms with Crippen LogP contribution in [0.4, 0.5) is 5.82 Å². The van der Waals surface area contributed by atoms with E-state index in [0.717, 1.165) is 23.4 Å². The van der Waals surface area contributed by atoms with Crippen LogP contribution in [0.5, 0.6) is 0 Å². The van der Waals surface area contributed by atoms with Crippen LogP contribution in [0.1, 0.15) is 19.5 Å². The monoisotopic (exact) mass is 307 g/mol. The summed E-state index contributed by atoms with van der Waals surface area (Å²) in [6.45, 7) is 7.29. The van der Waals surface area contributed by atoms with Crippen LogP contribution < -0.4 is 4.90 Å². The lowest BCUT2D eigenvalue weighted by Gasteiger charge is -2.27. The van der Waals surface area contributed by atoms with Gasteiger partial charge >= 0.3 is 0 Å². The van der Waals surface area contributed by atoms with Gasteiger partial charge < -0.3 is 4.90 Å². The highest BCUT2D eigenvalue weighted by atomic mass is 79.9. The average molecular weight is 308 g/mol. The number of rotatable bonds is 4. The summed E-state index contributed by atoms with van der Waals surface area (Å²) in [4.78, 5) is 2.28. The lowest BCUT2D eigenvalue weighted by atomic mass is 10.1. The van der Waals surface area contributed by atoms with Gasteiger partial charge in [-0.05, 0) is 20.8 Å². The third-order valence-electron chi connectivity index (χ3n) is 3.07. The van der Waals surface area contributed by atoms with Crippen molar-refractivity contribution in [2.75, 3.05) is 16.8 Å². The number of hydrogen-bond donors (Lipinski definition) is 0. The SMILES string of the molecule is Cc1nnc(N(CCBr)C(C)C)c2ccccc12. The maximum Gasteiger partial charge on any atom is 0.159 e. The number of nitrogens with zero attached hydrogens (tertiary/aromatic N) is 3. The van der Waals surface area contributed by atoms with E-state index in [4.69, 9.17) is 0 Å². The van der Waals surface area contributed by atoms with Crippen LogP contribution in [0.3, 0.4) is 0 Å². The molecule has 0 bridgehead atoms. The lowest BCUT2D eigenvalue weighted by Crippen LogP contribution is -2.33. The van der Waals surface area contributed by atoms with Gasteiger partial charge in [-0.25, -0.2) is 0 Å². The first-order valence-electron chi connectivity index (χ1n) is 6.19. The Morgan fingerprint density at radius 1 is 1.17 bits per heavy atom. The van der Waals surface area contributed by atoms with Gasteiger partial charge in [-0.15, -0.1) is 5.10 Å². The van der Waals surface area contributed by atoms with Gasteiger partial charge in [0.1, 0.15) is 0 Å². The predicted molar refractivity (Wildman–Crippen MR) is 80.6 cm³/mol. The van der Waals surface area contributed by atoms with Crippen molar-refractivity contribution < 1.29 is 0 Å². The summed E-state index contributed by atoms with van der Waals surface area (Å²) in [6, 6.07) is 8.73. The third-order valence-corrected chi connectivity index (χ3v) is 3.43. The standard InChI is InChI=1S/C14H18BrN3/c1-10(2)18(9-8-15)14-13-7-5-4-6-12(13)11(3)16-17-14/h4-7,10H,8-9H2,1-3H3. The molecule has 0 unspecified atom stereocenters. The normalized spacial score (nSPS) is 11.2. The molecule has 18 heavy (non-hydrogen) atoms. The molecule has 96 valence electrons. The van der Waals surface area contributed by atoms with Crippen molar-refractivity contribution in [1.82, 2.24) is 10.2 Å². The van der Waals surface area contributed by atoms with Crippen LogP contribution in [0.25, 0.3) is 10.8 Å². The molecule has 0 amide bonds. The van der Waals surface area contributed by atoms with Crippen molar-refractivity contribution in [3.8, 4) is 0 Å². The summed E-state index contributed by atoms with van der Waals surface area (Å²) in [5.41, 5.74) is 0.983. The Bertz CT molecular complexity index is 540. The number of anilines is 1. The van der Waals surface area contributed by atoms with Crippen LogP contribution in [-0.2, 0) is 0 Å². The number of hydrogen-bond acceptors (Lipinski definition) is 3. The zero-order valence-electron chi connectivity index (χ0n) is 11.0. The van der Waals surface area contributed by atoms with E-state index in [1.54, 1.807) is 0 Å². The van der Waals surface area contributed by atoms with Gasteiger partial charge in [0.05, 0.1) is 5.69 Å². The highest BCUT2D eigenvalue weighted by Crippen LogP contribution is 2.26. The number of alkyl halides is 1. The molecule has 0 radical (unpaired) electrons. The fourth-order valence-corrected chi connectivity index (χ4v) is 2.52. The molecule has 0 spiro atoms. The number of aryl methyl sites for hydroxylation is 1. The van der Waals surface area contributed by atoms with E-state index in [1.165, 1.54) is 10.8 Å². The molecular formula is C14H18BrN3. The summed E-state index contributed by atoms with van der Waals surface area (Å²) in [7, 11) is 0. The maximum atomic E-state index is 4.40. The number of aromatic nitrogens is 2. The predicted octanol–water partition coefficient (Wildman–Crippen LogP) is 3.55. The summed E-state index contributed by atoms with van der Waals surface area (Å²) < 4.78 is 0. The van der Waals surface area contributed by atoms with Crippen LogP contribution in [0.2, 0.25) is 0 Å². The summed E-state index contributed by atoms with van der Waals surface area (Å²) in [6.07, 6.45) is 0. The minimum atomic E-state index is 0.406. The van der Waals surface area contributed by atoms with Crippen molar-refractivity contribution in [3.05, 3.63) is 30.0 Å². The van der Waals surface area contributed by atoms with E-state index in [9.17, 15) is 0 Å². The average Bonchev–Trinajstić information content (AvgIpc) is 2.37. The molecule has 0 aliphatic carbocycles. The second-order valence-electron chi connectivity index (χ2n) is 4.63. The van der Waals surface area contributed by atoms with Gasteiger partial charge in [0.2, 0.25) is 0 Å². The smallest absolute Gasteiger partial charge is 0.159 e. The van der Waals surface area contributed by atoms with Crippen LogP contribution in [0.15, 0.2) is 24.3 Å². The molecule has 4 heteroatoms. The Morgan fingerprint density at radius 3 is 2.44 bits per heavy atom. The van der Waals surface area contributed by atoms with Crippen LogP contribution in [-0.4, -0.2) is 28.1 Å². The van der Waals surface area contributed by atoms with Gasteiger partial charge in [-0.3, -0.25) is 0 Å². The number of benzene rings is 1. The summed E-state index contributed by atoms with van der Waals surface area (Å²) in [5.74, 6) is 0.977. The van der Waals surface area contributed by atoms with E-state index in [0.29, 0.717) is 6.04 Å². The second kappa shape index (κ2) is 5.65. The molecule has 0 saturated heterocycles. The first kappa shape index (κ1) is 13.3. The Morgan fingerprint density at radius 2 is 1.83 bits per heavy atom. The van der Waals surface area contributed by atoms with E-state index in [2.05, 4.69) is 63.1 Å². The van der Waals surface area contributed by atoms with Crippen molar-refractivity contribution >= 4 is 32.5 Å².